The van der Waals surface area contributed by atoms with E-state index >= 15 is 0 Å². The number of urea groups is 1. The minimum absolute atomic E-state index is 0.376. The van der Waals surface area contributed by atoms with Crippen molar-refractivity contribution < 1.29 is 14.3 Å². The highest BCUT2D eigenvalue weighted by Crippen LogP contribution is 2.34. The number of nitrogens with two attached hydrogens (primary N) is 1. The molecule has 5 nitrogen and oxygen atoms in total. The average Bonchev–Trinajstić information content (AvgIpc) is 2.62. The molecule has 2 aromatic carbocycles. The highest BCUT2D eigenvalue weighted by molar-refractivity contribution is 7.82. The van der Waals surface area contributed by atoms with E-state index in [0.29, 0.717) is 33.7 Å². The van der Waals surface area contributed by atoms with E-state index in [4.69, 9.17) is 38.4 Å². The van der Waals surface area contributed by atoms with Crippen molar-refractivity contribution in [2.24, 2.45) is 5.73 Å². The number of amides is 2. The van der Waals surface area contributed by atoms with Crippen LogP contribution < -0.4 is 19.5 Å². The lowest BCUT2D eigenvalue weighted by atomic mass is 10.2. The Morgan fingerprint density at radius 1 is 1.19 bits per heavy atom. The molecule has 0 aliphatic heterocycles. The molecule has 2 rings (SSSR count). The van der Waals surface area contributed by atoms with E-state index < -0.39 is 12.3 Å². The number of hydrogen-bond donors (Lipinski definition) is 2. The molecule has 2 aromatic rings. The lowest BCUT2D eigenvalue weighted by molar-refractivity contribution is -0.00193. The number of ether oxygens (including phenoxy) is 2. The first-order chi connectivity index (χ1) is 12.4. The number of nitrogens with zero attached hydrogens (tertiary/aromatic N) is 1. The highest BCUT2D eigenvalue weighted by Gasteiger charge is 2.17. The molecule has 0 aromatic heterocycles. The predicted octanol–water partition coefficient (Wildman–Crippen LogP) is 5.70. The van der Waals surface area contributed by atoms with Crippen molar-refractivity contribution in [3.05, 3.63) is 52.5 Å². The van der Waals surface area contributed by atoms with Crippen molar-refractivity contribution >= 4 is 47.7 Å². The van der Waals surface area contributed by atoms with Crippen molar-refractivity contribution in [1.29, 1.82) is 0 Å². The van der Waals surface area contributed by atoms with Crippen molar-refractivity contribution in [1.82, 2.24) is 0 Å². The zero-order valence-corrected chi connectivity index (χ0v) is 16.6. The van der Waals surface area contributed by atoms with Crippen LogP contribution in [-0.4, -0.2) is 12.3 Å². The van der Waals surface area contributed by atoms with Crippen LogP contribution in [-0.2, 0) is 0 Å². The van der Waals surface area contributed by atoms with E-state index in [1.807, 2.05) is 0 Å². The second-order valence-corrected chi connectivity index (χ2v) is 6.72. The number of benzene rings is 2. The third kappa shape index (κ3) is 5.62. The largest absolute Gasteiger partial charge is 0.455 e. The number of para-hydroxylation sites is 1. The van der Waals surface area contributed by atoms with Crippen LogP contribution in [0.15, 0.2) is 42.5 Å². The predicted molar refractivity (Wildman–Crippen MR) is 109 cm³/mol. The Morgan fingerprint density at radius 3 is 2.46 bits per heavy atom. The third-order valence-corrected chi connectivity index (χ3v) is 4.52. The van der Waals surface area contributed by atoms with Crippen LogP contribution in [0.1, 0.15) is 26.2 Å². The van der Waals surface area contributed by atoms with Gasteiger partial charge in [0.1, 0.15) is 5.75 Å². The Hall–Kier alpha value is -1.76. The Kier molecular flexibility index (Phi) is 7.75. The first-order valence-corrected chi connectivity index (χ1v) is 9.23. The fraction of sp³-hybridized carbons (Fsp3) is 0.278. The Morgan fingerprint density at radius 2 is 1.85 bits per heavy atom. The van der Waals surface area contributed by atoms with E-state index in [9.17, 15) is 4.79 Å². The standard InChI is InChI=1S/C18H20Cl2N2O3S/c1-2-3-10-16(25-17-14(19)8-5-9-15(17)20)24-13-7-4-6-12(11-13)22(26)18(21)23/h4-9,11,16,26H,2-3,10H2,1H3,(H2,21,23). The van der Waals surface area contributed by atoms with E-state index in [0.717, 1.165) is 17.1 Å². The molecule has 2 N–H and O–H groups in total. The van der Waals surface area contributed by atoms with Gasteiger partial charge in [-0.05, 0) is 30.7 Å². The number of primary amides is 1. The van der Waals surface area contributed by atoms with Crippen LogP contribution in [0, 0.1) is 0 Å². The monoisotopic (exact) mass is 414 g/mol. The van der Waals surface area contributed by atoms with Gasteiger partial charge in [-0.15, -0.1) is 0 Å². The van der Waals surface area contributed by atoms with Gasteiger partial charge in [-0.1, -0.05) is 61.5 Å². The molecule has 2 amide bonds. The fourth-order valence-corrected chi connectivity index (χ4v) is 2.82. The van der Waals surface area contributed by atoms with Crippen LogP contribution in [0.5, 0.6) is 11.5 Å². The molecule has 0 saturated carbocycles. The number of carbonyl (C=O) groups excluding carboxylic acids is 1. The first kappa shape index (κ1) is 20.6. The van der Waals surface area contributed by atoms with Crippen molar-refractivity contribution in [2.45, 2.75) is 32.5 Å². The number of anilines is 1. The molecule has 0 bridgehead atoms. The summed E-state index contributed by atoms with van der Waals surface area (Å²) in [6.07, 6.45) is 1.92. The average molecular weight is 415 g/mol. The number of hydrogen-bond acceptors (Lipinski definition) is 4. The van der Waals surface area contributed by atoms with Crippen LogP contribution >= 0.6 is 36.0 Å². The summed E-state index contributed by atoms with van der Waals surface area (Å²) < 4.78 is 12.9. The zero-order valence-electron chi connectivity index (χ0n) is 14.2. The maximum atomic E-state index is 11.3. The van der Waals surface area contributed by atoms with E-state index in [1.165, 1.54) is 0 Å². The van der Waals surface area contributed by atoms with Gasteiger partial charge in [0, 0.05) is 12.5 Å². The molecule has 1 unspecified atom stereocenters. The van der Waals surface area contributed by atoms with Crippen LogP contribution in [0.4, 0.5) is 10.5 Å². The Labute approximate surface area is 168 Å². The molecular formula is C18H20Cl2N2O3S. The topological polar surface area (TPSA) is 64.8 Å². The van der Waals surface area contributed by atoms with Gasteiger partial charge in [0.2, 0.25) is 6.29 Å². The highest BCUT2D eigenvalue weighted by atomic mass is 35.5. The molecule has 0 fully saturated rings. The molecule has 0 aliphatic rings. The van der Waals surface area contributed by atoms with Gasteiger partial charge in [0.15, 0.2) is 5.75 Å². The van der Waals surface area contributed by atoms with Gasteiger partial charge < -0.3 is 15.2 Å². The zero-order chi connectivity index (χ0) is 19.1. The summed E-state index contributed by atoms with van der Waals surface area (Å²) in [6.45, 7) is 2.08. The lowest BCUT2D eigenvalue weighted by Gasteiger charge is -2.22. The number of rotatable bonds is 8. The van der Waals surface area contributed by atoms with Gasteiger partial charge in [-0.2, -0.15) is 0 Å². The minimum atomic E-state index is -0.688. The fourth-order valence-electron chi connectivity index (χ4n) is 2.21. The summed E-state index contributed by atoms with van der Waals surface area (Å²) in [7, 11) is 0. The van der Waals surface area contributed by atoms with Gasteiger partial charge >= 0.3 is 6.03 Å². The van der Waals surface area contributed by atoms with Crippen LogP contribution in [0.2, 0.25) is 10.0 Å². The van der Waals surface area contributed by atoms with E-state index in [2.05, 4.69) is 19.7 Å². The van der Waals surface area contributed by atoms with Gasteiger partial charge in [0.25, 0.3) is 0 Å². The molecule has 0 spiro atoms. The summed E-state index contributed by atoms with van der Waals surface area (Å²) in [6, 6.07) is 11.3. The summed E-state index contributed by atoms with van der Waals surface area (Å²) in [5.74, 6) is 0.883. The summed E-state index contributed by atoms with van der Waals surface area (Å²) in [5, 5.41) is 0.818. The SMILES string of the molecule is CCCCC(Oc1cccc(N(S)C(N)=O)c1)Oc1c(Cl)cccc1Cl. The van der Waals surface area contributed by atoms with Crippen molar-refractivity contribution in [2.75, 3.05) is 4.31 Å². The van der Waals surface area contributed by atoms with Crippen molar-refractivity contribution in [3.63, 3.8) is 0 Å². The Bertz CT molecular complexity index is 741. The number of carbonyl (C=O) groups is 1. The lowest BCUT2D eigenvalue weighted by Crippen LogP contribution is -2.27. The molecule has 140 valence electrons. The molecule has 0 saturated heterocycles. The van der Waals surface area contributed by atoms with E-state index in [1.54, 1.807) is 42.5 Å². The van der Waals surface area contributed by atoms with Crippen LogP contribution in [0.25, 0.3) is 0 Å². The molecular weight excluding hydrogens is 395 g/mol. The first-order valence-electron chi connectivity index (χ1n) is 8.08. The molecule has 0 heterocycles. The van der Waals surface area contributed by atoms with Crippen LogP contribution in [0.3, 0.4) is 0 Å². The number of unbranched alkanes of at least 4 members (excludes halogenated alkanes) is 1. The number of thiol groups is 1. The van der Waals surface area contributed by atoms with Gasteiger partial charge in [-0.3, -0.25) is 0 Å². The summed E-state index contributed by atoms with van der Waals surface area (Å²) in [5.41, 5.74) is 5.73. The van der Waals surface area contributed by atoms with Gasteiger partial charge in [-0.25, -0.2) is 9.10 Å². The number of halogens is 2. The molecule has 0 radical (unpaired) electrons. The molecule has 26 heavy (non-hydrogen) atoms. The molecule has 8 heteroatoms. The second kappa shape index (κ2) is 9.80. The summed E-state index contributed by atoms with van der Waals surface area (Å²) >= 11 is 16.4. The smallest absolute Gasteiger partial charge is 0.329 e. The Balaban J connectivity index is 2.20. The minimum Gasteiger partial charge on any atom is -0.455 e. The second-order valence-electron chi connectivity index (χ2n) is 5.51. The van der Waals surface area contributed by atoms with Gasteiger partial charge in [0.05, 0.1) is 15.7 Å². The van der Waals surface area contributed by atoms with E-state index in [-0.39, 0.29) is 0 Å². The maximum absolute atomic E-state index is 11.3. The van der Waals surface area contributed by atoms with Crippen molar-refractivity contribution in [3.8, 4) is 11.5 Å². The normalized spacial score (nSPS) is 11.7. The summed E-state index contributed by atoms with van der Waals surface area (Å²) in [4.78, 5) is 11.3. The quantitative estimate of drug-likeness (QED) is 0.430. The maximum Gasteiger partial charge on any atom is 0.329 e. The molecule has 0 aliphatic carbocycles. The third-order valence-electron chi connectivity index (χ3n) is 3.50. The molecule has 1 atom stereocenters.